The number of Topliss-reactive ketones (excluding diaryl/α,β-unsaturated/α-hetero) is 1. The van der Waals surface area contributed by atoms with E-state index in [1.807, 2.05) is 18.7 Å². The van der Waals surface area contributed by atoms with E-state index in [0.717, 1.165) is 0 Å². The first kappa shape index (κ1) is 7.69. The summed E-state index contributed by atoms with van der Waals surface area (Å²) < 4.78 is 0. The van der Waals surface area contributed by atoms with Crippen molar-refractivity contribution in [3.8, 4) is 0 Å². The molecule has 0 aromatic rings. The summed E-state index contributed by atoms with van der Waals surface area (Å²) >= 11 is 0. The molecule has 58 valence electrons. The van der Waals surface area contributed by atoms with Crippen LogP contribution in [-0.4, -0.2) is 41.0 Å². The minimum Gasteiger partial charge on any atom is -0.384 e. The number of nitrogens with zero attached hydrogens (tertiary/aromatic N) is 1. The largest absolute Gasteiger partial charge is 0.384 e. The normalized spacial score (nSPS) is 28.4. The first-order valence-corrected chi connectivity index (χ1v) is 3.56. The summed E-state index contributed by atoms with van der Waals surface area (Å²) in [6.45, 7) is 4.96. The van der Waals surface area contributed by atoms with Gasteiger partial charge in [-0.1, -0.05) is 0 Å². The minimum atomic E-state index is -0.734. The molecule has 0 saturated carbocycles. The van der Waals surface area contributed by atoms with Gasteiger partial charge in [0.1, 0.15) is 6.10 Å². The quantitative estimate of drug-likeness (QED) is 0.545. The zero-order chi connectivity index (χ0) is 7.72. The smallest absolute Gasteiger partial charge is 0.176 e. The average molecular weight is 143 g/mol. The molecule has 0 spiro atoms. The topological polar surface area (TPSA) is 40.5 Å². The predicted octanol–water partition coefficient (Wildman–Crippen LogP) is -0.360. The van der Waals surface area contributed by atoms with Crippen molar-refractivity contribution in [1.29, 1.82) is 0 Å². The van der Waals surface area contributed by atoms with Crippen molar-refractivity contribution in [3.05, 3.63) is 0 Å². The molecule has 3 heteroatoms. The van der Waals surface area contributed by atoms with E-state index in [9.17, 15) is 4.79 Å². The highest BCUT2D eigenvalue weighted by Crippen LogP contribution is 2.08. The third-order valence-corrected chi connectivity index (χ3v) is 1.87. The maximum absolute atomic E-state index is 10.8. The molecule has 1 rings (SSSR count). The first-order valence-electron chi connectivity index (χ1n) is 3.56. The lowest BCUT2D eigenvalue weighted by Gasteiger charge is -2.17. The van der Waals surface area contributed by atoms with Gasteiger partial charge in [-0.25, -0.2) is 0 Å². The van der Waals surface area contributed by atoms with Crippen molar-refractivity contribution in [2.45, 2.75) is 26.0 Å². The van der Waals surface area contributed by atoms with Gasteiger partial charge in [0.05, 0.1) is 6.54 Å². The molecule has 1 fully saturated rings. The molecule has 1 saturated heterocycles. The van der Waals surface area contributed by atoms with Gasteiger partial charge in [-0.2, -0.15) is 0 Å². The van der Waals surface area contributed by atoms with Crippen LogP contribution in [0.25, 0.3) is 0 Å². The van der Waals surface area contributed by atoms with Gasteiger partial charge in [-0.3, -0.25) is 9.69 Å². The molecule has 0 amide bonds. The van der Waals surface area contributed by atoms with Crippen LogP contribution in [0.2, 0.25) is 0 Å². The second-order valence-corrected chi connectivity index (χ2v) is 3.01. The molecule has 0 radical (unpaired) electrons. The second-order valence-electron chi connectivity index (χ2n) is 3.01. The lowest BCUT2D eigenvalue weighted by molar-refractivity contribution is -0.123. The summed E-state index contributed by atoms with van der Waals surface area (Å²) in [7, 11) is 0. The minimum absolute atomic E-state index is 0.0475. The van der Waals surface area contributed by atoms with E-state index in [1.165, 1.54) is 0 Å². The van der Waals surface area contributed by atoms with Crippen LogP contribution in [0.3, 0.4) is 0 Å². The Morgan fingerprint density at radius 2 is 2.30 bits per heavy atom. The third-order valence-electron chi connectivity index (χ3n) is 1.87. The van der Waals surface area contributed by atoms with Crippen LogP contribution in [0.15, 0.2) is 0 Å². The molecule has 1 aliphatic rings. The number of β-amino-alcohol motifs (C(OH)–C–C–N with tert-alkyl or cyclic N) is 1. The number of likely N-dealkylation sites (tertiary alicyclic amines) is 1. The zero-order valence-corrected chi connectivity index (χ0v) is 6.37. The van der Waals surface area contributed by atoms with E-state index in [2.05, 4.69) is 0 Å². The molecular formula is C7H13NO2. The molecule has 0 aliphatic carbocycles. The van der Waals surface area contributed by atoms with Crippen molar-refractivity contribution in [2.24, 2.45) is 0 Å². The molecule has 3 nitrogen and oxygen atoms in total. The highest BCUT2D eigenvalue weighted by atomic mass is 16.3. The summed E-state index contributed by atoms with van der Waals surface area (Å²) in [5, 5.41) is 9.03. The van der Waals surface area contributed by atoms with Crippen molar-refractivity contribution >= 4 is 5.78 Å². The number of aliphatic hydroxyl groups excluding tert-OH is 1. The molecule has 1 heterocycles. The van der Waals surface area contributed by atoms with Crippen LogP contribution in [0.5, 0.6) is 0 Å². The number of rotatable bonds is 1. The van der Waals surface area contributed by atoms with Gasteiger partial charge in [0, 0.05) is 12.6 Å². The van der Waals surface area contributed by atoms with E-state index in [1.54, 1.807) is 0 Å². The summed E-state index contributed by atoms with van der Waals surface area (Å²) in [6.07, 6.45) is -0.734. The highest BCUT2D eigenvalue weighted by molar-refractivity contribution is 5.87. The lowest BCUT2D eigenvalue weighted by atomic mass is 10.3. The molecule has 1 N–H and O–H groups in total. The standard InChI is InChI=1S/C7H13NO2/c1-5(2)8-3-6(9)7(10)4-8/h5-6,9H,3-4H2,1-2H3/t6-/m1/s1. The lowest BCUT2D eigenvalue weighted by Crippen LogP contribution is -2.29. The molecular weight excluding hydrogens is 130 g/mol. The Morgan fingerprint density at radius 3 is 2.50 bits per heavy atom. The Morgan fingerprint density at radius 1 is 1.70 bits per heavy atom. The van der Waals surface area contributed by atoms with Gasteiger partial charge >= 0.3 is 0 Å². The number of ketones is 1. The molecule has 1 aliphatic heterocycles. The molecule has 10 heavy (non-hydrogen) atoms. The maximum Gasteiger partial charge on any atom is 0.176 e. The van der Waals surface area contributed by atoms with E-state index in [0.29, 0.717) is 19.1 Å². The summed E-state index contributed by atoms with van der Waals surface area (Å²) in [6, 6.07) is 0.362. The van der Waals surface area contributed by atoms with E-state index in [-0.39, 0.29) is 5.78 Å². The fourth-order valence-corrected chi connectivity index (χ4v) is 1.09. The summed E-state index contributed by atoms with van der Waals surface area (Å²) in [5.74, 6) is -0.0475. The molecule has 0 aromatic carbocycles. The van der Waals surface area contributed by atoms with Crippen LogP contribution in [0.1, 0.15) is 13.8 Å². The Balaban J connectivity index is 2.49. The van der Waals surface area contributed by atoms with Gasteiger partial charge in [-0.15, -0.1) is 0 Å². The van der Waals surface area contributed by atoms with Crippen LogP contribution in [0, 0.1) is 0 Å². The van der Waals surface area contributed by atoms with Crippen molar-refractivity contribution in [3.63, 3.8) is 0 Å². The van der Waals surface area contributed by atoms with Crippen LogP contribution < -0.4 is 0 Å². The number of aliphatic hydroxyl groups is 1. The molecule has 0 unspecified atom stereocenters. The van der Waals surface area contributed by atoms with Gasteiger partial charge in [0.15, 0.2) is 5.78 Å². The Bertz CT molecular complexity index is 145. The molecule has 0 aromatic heterocycles. The van der Waals surface area contributed by atoms with Crippen molar-refractivity contribution in [2.75, 3.05) is 13.1 Å². The van der Waals surface area contributed by atoms with E-state index in [4.69, 9.17) is 5.11 Å². The Hall–Kier alpha value is -0.410. The molecule has 1 atom stereocenters. The Labute approximate surface area is 60.6 Å². The number of carbonyl (C=O) groups excluding carboxylic acids is 1. The monoisotopic (exact) mass is 143 g/mol. The first-order chi connectivity index (χ1) is 4.61. The SMILES string of the molecule is CC(C)N1CC(=O)[C@H](O)C1. The van der Waals surface area contributed by atoms with Gasteiger partial charge < -0.3 is 5.11 Å². The van der Waals surface area contributed by atoms with Gasteiger partial charge in [0.2, 0.25) is 0 Å². The molecule has 0 bridgehead atoms. The average Bonchev–Trinajstić information content (AvgIpc) is 2.13. The fourth-order valence-electron chi connectivity index (χ4n) is 1.09. The summed E-state index contributed by atoms with van der Waals surface area (Å²) in [4.78, 5) is 12.8. The zero-order valence-electron chi connectivity index (χ0n) is 6.37. The Kier molecular flexibility index (Phi) is 2.06. The van der Waals surface area contributed by atoms with Crippen LogP contribution >= 0.6 is 0 Å². The highest BCUT2D eigenvalue weighted by Gasteiger charge is 2.29. The third kappa shape index (κ3) is 1.36. The predicted molar refractivity (Wildman–Crippen MR) is 37.7 cm³/mol. The van der Waals surface area contributed by atoms with Crippen molar-refractivity contribution < 1.29 is 9.90 Å². The number of carbonyl (C=O) groups is 1. The fraction of sp³-hybridized carbons (Fsp3) is 0.857. The summed E-state index contributed by atoms with van der Waals surface area (Å²) in [5.41, 5.74) is 0. The number of hydrogen-bond acceptors (Lipinski definition) is 3. The second kappa shape index (κ2) is 2.68. The van der Waals surface area contributed by atoms with Gasteiger partial charge in [-0.05, 0) is 13.8 Å². The maximum atomic E-state index is 10.8. The van der Waals surface area contributed by atoms with Gasteiger partial charge in [0.25, 0.3) is 0 Å². The van der Waals surface area contributed by atoms with Crippen LogP contribution in [0.4, 0.5) is 0 Å². The number of hydrogen-bond donors (Lipinski definition) is 1. The van der Waals surface area contributed by atoms with Crippen LogP contribution in [-0.2, 0) is 4.79 Å². The van der Waals surface area contributed by atoms with E-state index >= 15 is 0 Å². The van der Waals surface area contributed by atoms with Crippen molar-refractivity contribution in [1.82, 2.24) is 4.90 Å². The van der Waals surface area contributed by atoms with E-state index < -0.39 is 6.10 Å².